The van der Waals surface area contributed by atoms with Gasteiger partial charge in [-0.05, 0) is 32.0 Å². The lowest BCUT2D eigenvalue weighted by atomic mass is 10.1. The number of nitrogens with one attached hydrogen (secondary N) is 1. The number of halogens is 2. The zero-order valence-electron chi connectivity index (χ0n) is 10.5. The van der Waals surface area contributed by atoms with Crippen molar-refractivity contribution in [3.63, 3.8) is 0 Å². The molecule has 0 spiro atoms. The van der Waals surface area contributed by atoms with Gasteiger partial charge in [-0.2, -0.15) is 0 Å². The molecule has 0 saturated carbocycles. The van der Waals surface area contributed by atoms with E-state index < -0.39 is 11.7 Å². The lowest BCUT2D eigenvalue weighted by Gasteiger charge is -2.06. The molecule has 0 radical (unpaired) electrons. The van der Waals surface area contributed by atoms with Crippen LogP contribution in [-0.2, 0) is 6.54 Å². The molecule has 0 aliphatic rings. The van der Waals surface area contributed by atoms with Crippen LogP contribution in [0.3, 0.4) is 0 Å². The molecule has 19 heavy (non-hydrogen) atoms. The summed E-state index contributed by atoms with van der Waals surface area (Å²) < 4.78 is 18.5. The van der Waals surface area contributed by atoms with Crippen LogP contribution < -0.4 is 5.32 Å². The van der Waals surface area contributed by atoms with Gasteiger partial charge in [0.1, 0.15) is 11.6 Å². The Morgan fingerprint density at radius 1 is 1.47 bits per heavy atom. The van der Waals surface area contributed by atoms with Crippen molar-refractivity contribution in [3.8, 4) is 0 Å². The Balaban J connectivity index is 2.12. The first-order chi connectivity index (χ1) is 8.99. The molecule has 2 aromatic rings. The van der Waals surface area contributed by atoms with Crippen molar-refractivity contribution in [3.05, 3.63) is 51.6 Å². The Labute approximate surface area is 114 Å². The number of hydrogen-bond acceptors (Lipinski definition) is 3. The summed E-state index contributed by atoms with van der Waals surface area (Å²) in [6.07, 6.45) is 0. The van der Waals surface area contributed by atoms with E-state index in [2.05, 4.69) is 10.5 Å². The Morgan fingerprint density at radius 3 is 2.84 bits per heavy atom. The maximum absolute atomic E-state index is 13.5. The van der Waals surface area contributed by atoms with Crippen LogP contribution in [0.4, 0.5) is 4.39 Å². The zero-order valence-corrected chi connectivity index (χ0v) is 11.2. The van der Waals surface area contributed by atoms with Crippen LogP contribution in [-0.4, -0.2) is 11.1 Å². The number of aromatic nitrogens is 1. The lowest BCUT2D eigenvalue weighted by Crippen LogP contribution is -2.24. The first-order valence-corrected chi connectivity index (χ1v) is 6.02. The highest BCUT2D eigenvalue weighted by molar-refractivity contribution is 6.30. The molecule has 1 aromatic carbocycles. The molecule has 1 N–H and O–H groups in total. The topological polar surface area (TPSA) is 55.1 Å². The summed E-state index contributed by atoms with van der Waals surface area (Å²) >= 11 is 5.74. The summed E-state index contributed by atoms with van der Waals surface area (Å²) in [5.41, 5.74) is 1.40. The summed E-state index contributed by atoms with van der Waals surface area (Å²) in [6.45, 7) is 3.76. The van der Waals surface area contributed by atoms with E-state index in [0.29, 0.717) is 16.5 Å². The zero-order chi connectivity index (χ0) is 14.0. The van der Waals surface area contributed by atoms with E-state index in [1.165, 1.54) is 12.1 Å². The smallest absolute Gasteiger partial charge is 0.254 e. The van der Waals surface area contributed by atoms with Gasteiger partial charge in [-0.1, -0.05) is 16.8 Å². The van der Waals surface area contributed by atoms with E-state index in [4.69, 9.17) is 16.1 Å². The summed E-state index contributed by atoms with van der Waals surface area (Å²) in [7, 11) is 0. The van der Waals surface area contributed by atoms with E-state index in [9.17, 15) is 9.18 Å². The number of rotatable bonds is 3. The van der Waals surface area contributed by atoms with Crippen LogP contribution in [0.25, 0.3) is 0 Å². The number of aryl methyl sites for hydroxylation is 2. The van der Waals surface area contributed by atoms with Crippen LogP contribution in [0.1, 0.15) is 27.4 Å². The number of carbonyl (C=O) groups excluding carboxylic acids is 1. The molecule has 2 rings (SSSR count). The molecule has 0 bridgehead atoms. The van der Waals surface area contributed by atoms with Crippen LogP contribution in [0.2, 0.25) is 5.02 Å². The molecule has 0 aliphatic carbocycles. The highest BCUT2D eigenvalue weighted by Crippen LogP contribution is 2.16. The van der Waals surface area contributed by atoms with Crippen molar-refractivity contribution in [2.24, 2.45) is 0 Å². The predicted octanol–water partition coefficient (Wildman–Crippen LogP) is 3.01. The quantitative estimate of drug-likeness (QED) is 0.941. The molecule has 0 saturated heterocycles. The van der Waals surface area contributed by atoms with E-state index in [1.54, 1.807) is 13.8 Å². The van der Waals surface area contributed by atoms with Gasteiger partial charge in [0.05, 0.1) is 11.3 Å². The second-order valence-electron chi connectivity index (χ2n) is 4.11. The van der Waals surface area contributed by atoms with Gasteiger partial charge in [0.2, 0.25) is 0 Å². The molecule has 0 aliphatic heterocycles. The number of hydrogen-bond donors (Lipinski definition) is 1. The predicted molar refractivity (Wildman–Crippen MR) is 68.6 cm³/mol. The SMILES string of the molecule is Cc1noc(C)c1CNC(=O)c1cc(Cl)ccc1F. The number of benzene rings is 1. The molecule has 0 unspecified atom stereocenters. The number of nitrogens with zero attached hydrogens (tertiary/aromatic N) is 1. The van der Waals surface area contributed by atoms with Crippen LogP contribution in [0, 0.1) is 19.7 Å². The fourth-order valence-corrected chi connectivity index (χ4v) is 1.86. The van der Waals surface area contributed by atoms with E-state index in [1.807, 2.05) is 0 Å². The highest BCUT2D eigenvalue weighted by Gasteiger charge is 2.14. The molecule has 0 atom stereocenters. The van der Waals surface area contributed by atoms with Crippen LogP contribution in [0.5, 0.6) is 0 Å². The molecule has 4 nitrogen and oxygen atoms in total. The monoisotopic (exact) mass is 282 g/mol. The van der Waals surface area contributed by atoms with Gasteiger partial charge in [0.15, 0.2) is 0 Å². The third-order valence-corrected chi connectivity index (χ3v) is 3.02. The number of amides is 1. The Morgan fingerprint density at radius 2 is 2.21 bits per heavy atom. The van der Waals surface area contributed by atoms with Gasteiger partial charge in [0.25, 0.3) is 5.91 Å². The van der Waals surface area contributed by atoms with E-state index in [-0.39, 0.29) is 12.1 Å². The minimum absolute atomic E-state index is 0.0840. The molecular formula is C13H12ClFN2O2. The van der Waals surface area contributed by atoms with Crippen LogP contribution in [0.15, 0.2) is 22.7 Å². The minimum atomic E-state index is -0.610. The normalized spacial score (nSPS) is 10.5. The fourth-order valence-electron chi connectivity index (χ4n) is 1.69. The van der Waals surface area contributed by atoms with Gasteiger partial charge in [-0.15, -0.1) is 0 Å². The van der Waals surface area contributed by atoms with Gasteiger partial charge in [-0.25, -0.2) is 4.39 Å². The van der Waals surface area contributed by atoms with Crippen molar-refractivity contribution in [1.82, 2.24) is 10.5 Å². The number of carbonyl (C=O) groups is 1. The molecule has 6 heteroatoms. The Bertz CT molecular complexity index is 606. The molecule has 1 amide bonds. The van der Waals surface area contributed by atoms with Gasteiger partial charge in [0, 0.05) is 17.1 Å². The van der Waals surface area contributed by atoms with E-state index in [0.717, 1.165) is 11.6 Å². The lowest BCUT2D eigenvalue weighted by molar-refractivity contribution is 0.0947. The summed E-state index contributed by atoms with van der Waals surface area (Å²) in [6, 6.07) is 3.84. The van der Waals surface area contributed by atoms with Crippen molar-refractivity contribution in [1.29, 1.82) is 0 Å². The first-order valence-electron chi connectivity index (χ1n) is 5.64. The summed E-state index contributed by atoms with van der Waals surface area (Å²) in [5, 5.41) is 6.70. The summed E-state index contributed by atoms with van der Waals surface area (Å²) in [4.78, 5) is 11.9. The van der Waals surface area contributed by atoms with Crippen molar-refractivity contribution in [2.45, 2.75) is 20.4 Å². The maximum atomic E-state index is 13.5. The average Bonchev–Trinajstić information content (AvgIpc) is 2.69. The van der Waals surface area contributed by atoms with Crippen molar-refractivity contribution >= 4 is 17.5 Å². The first kappa shape index (κ1) is 13.5. The third kappa shape index (κ3) is 2.93. The van der Waals surface area contributed by atoms with E-state index >= 15 is 0 Å². The second-order valence-corrected chi connectivity index (χ2v) is 4.55. The average molecular weight is 283 g/mol. The van der Waals surface area contributed by atoms with Crippen molar-refractivity contribution < 1.29 is 13.7 Å². The fraction of sp³-hybridized carbons (Fsp3) is 0.231. The molecular weight excluding hydrogens is 271 g/mol. The standard InChI is InChI=1S/C13H12ClFN2O2/c1-7-11(8(2)19-17-7)6-16-13(18)10-5-9(14)3-4-12(10)15/h3-5H,6H2,1-2H3,(H,16,18). The Hall–Kier alpha value is -1.88. The van der Waals surface area contributed by atoms with Gasteiger partial charge >= 0.3 is 0 Å². The largest absolute Gasteiger partial charge is 0.361 e. The molecule has 1 aromatic heterocycles. The van der Waals surface area contributed by atoms with Crippen LogP contribution >= 0.6 is 11.6 Å². The second kappa shape index (κ2) is 5.40. The van der Waals surface area contributed by atoms with Crippen molar-refractivity contribution in [2.75, 3.05) is 0 Å². The highest BCUT2D eigenvalue weighted by atomic mass is 35.5. The third-order valence-electron chi connectivity index (χ3n) is 2.78. The maximum Gasteiger partial charge on any atom is 0.254 e. The molecule has 0 fully saturated rings. The molecule has 100 valence electrons. The molecule has 1 heterocycles. The van der Waals surface area contributed by atoms with Gasteiger partial charge in [-0.3, -0.25) is 4.79 Å². The van der Waals surface area contributed by atoms with Gasteiger partial charge < -0.3 is 9.84 Å². The Kier molecular flexibility index (Phi) is 3.85. The minimum Gasteiger partial charge on any atom is -0.361 e. The summed E-state index contributed by atoms with van der Waals surface area (Å²) in [5.74, 6) is -0.509.